The summed E-state index contributed by atoms with van der Waals surface area (Å²) >= 11 is 0. The maximum atomic E-state index is 12.0. The number of hydrazine groups is 1. The molecule has 0 radical (unpaired) electrons. The lowest BCUT2D eigenvalue weighted by atomic mass is 10.5. The van der Waals surface area contributed by atoms with Crippen molar-refractivity contribution >= 4 is 12.0 Å². The van der Waals surface area contributed by atoms with Gasteiger partial charge in [-0.2, -0.15) is 26.3 Å². The molecule has 13 heteroatoms. The molecule has 0 bridgehead atoms. The molecule has 0 aromatic rings. The number of hydrazone groups is 2. The summed E-state index contributed by atoms with van der Waals surface area (Å²) < 4.78 is 80.2. The van der Waals surface area contributed by atoms with Crippen LogP contribution in [0.1, 0.15) is 0 Å². The molecule has 1 aliphatic rings. The van der Waals surface area contributed by atoms with Crippen molar-refractivity contribution in [2.45, 2.75) is 12.4 Å². The number of alkyl halides is 6. The number of isocyanates is 1. The minimum atomic E-state index is -4.69. The molecular formula is C8H6F6N4O3. The number of hydrogen-bond donors (Lipinski definition) is 1. The molecule has 0 fully saturated rings. The van der Waals surface area contributed by atoms with Gasteiger partial charge >= 0.3 is 12.4 Å². The Labute approximate surface area is 112 Å². The van der Waals surface area contributed by atoms with E-state index in [2.05, 4.69) is 19.7 Å². The first-order valence-corrected chi connectivity index (χ1v) is 4.93. The molecule has 21 heavy (non-hydrogen) atoms. The van der Waals surface area contributed by atoms with Gasteiger partial charge in [0.15, 0.2) is 13.2 Å². The van der Waals surface area contributed by atoms with Crippen LogP contribution in [-0.4, -0.2) is 42.8 Å². The van der Waals surface area contributed by atoms with Gasteiger partial charge in [0.2, 0.25) is 11.8 Å². The van der Waals surface area contributed by atoms with E-state index >= 15 is 0 Å². The SMILES string of the molecule is O=C=NN1N=C(OCC(F)(F)F)C=C(OCC(F)(F)F)N1. The lowest BCUT2D eigenvalue weighted by Gasteiger charge is -2.22. The van der Waals surface area contributed by atoms with Crippen molar-refractivity contribution in [3.63, 3.8) is 0 Å². The summed E-state index contributed by atoms with van der Waals surface area (Å²) in [5.41, 5.74) is 1.95. The average Bonchev–Trinajstić information content (AvgIpc) is 2.33. The van der Waals surface area contributed by atoms with Crippen molar-refractivity contribution in [1.29, 1.82) is 0 Å². The van der Waals surface area contributed by atoms with E-state index in [4.69, 9.17) is 0 Å². The van der Waals surface area contributed by atoms with Gasteiger partial charge in [0, 0.05) is 0 Å². The van der Waals surface area contributed by atoms with E-state index in [1.54, 1.807) is 0 Å². The van der Waals surface area contributed by atoms with Gasteiger partial charge in [0.1, 0.15) is 0 Å². The van der Waals surface area contributed by atoms with Gasteiger partial charge in [-0.15, -0.1) is 0 Å². The summed E-state index contributed by atoms with van der Waals surface area (Å²) in [5, 5.41) is 6.30. The lowest BCUT2D eigenvalue weighted by Crippen LogP contribution is -2.36. The highest BCUT2D eigenvalue weighted by molar-refractivity contribution is 5.88. The first-order chi connectivity index (χ1) is 9.59. The molecule has 0 aliphatic carbocycles. The molecule has 1 N–H and O–H groups in total. The predicted molar refractivity (Wildman–Crippen MR) is 52.6 cm³/mol. The van der Waals surface area contributed by atoms with Crippen LogP contribution >= 0.6 is 0 Å². The van der Waals surface area contributed by atoms with E-state index in [1.165, 1.54) is 0 Å². The summed E-state index contributed by atoms with van der Waals surface area (Å²) in [5.74, 6) is -1.43. The Morgan fingerprint density at radius 3 is 2.29 bits per heavy atom. The highest BCUT2D eigenvalue weighted by atomic mass is 19.4. The quantitative estimate of drug-likeness (QED) is 0.481. The zero-order valence-corrected chi connectivity index (χ0v) is 9.83. The second-order valence-electron chi connectivity index (χ2n) is 3.35. The minimum Gasteiger partial charge on any atom is -0.468 e. The van der Waals surface area contributed by atoms with Gasteiger partial charge in [-0.25, -0.2) is 10.2 Å². The van der Waals surface area contributed by atoms with Crippen molar-refractivity contribution in [2.24, 2.45) is 10.2 Å². The van der Waals surface area contributed by atoms with Crippen LogP contribution in [-0.2, 0) is 14.3 Å². The van der Waals surface area contributed by atoms with Gasteiger partial charge in [0.05, 0.1) is 6.08 Å². The van der Waals surface area contributed by atoms with E-state index < -0.39 is 37.3 Å². The molecule has 1 aliphatic heterocycles. The van der Waals surface area contributed by atoms with Crippen molar-refractivity contribution in [2.75, 3.05) is 13.2 Å². The number of halogens is 6. The number of rotatable bonds is 4. The van der Waals surface area contributed by atoms with Crippen LogP contribution in [0.5, 0.6) is 0 Å². The van der Waals surface area contributed by atoms with Gasteiger partial charge in [-0.05, 0) is 5.10 Å². The summed E-state index contributed by atoms with van der Waals surface area (Å²) in [4.78, 5) is 10.0. The molecule has 0 aromatic carbocycles. The molecule has 0 saturated carbocycles. The average molecular weight is 320 g/mol. The third-order valence-corrected chi connectivity index (χ3v) is 1.57. The first kappa shape index (κ1) is 16.6. The number of nitrogens with zero attached hydrogens (tertiary/aromatic N) is 3. The lowest BCUT2D eigenvalue weighted by molar-refractivity contribution is -0.168. The van der Waals surface area contributed by atoms with Crippen LogP contribution in [0.3, 0.4) is 0 Å². The van der Waals surface area contributed by atoms with Crippen molar-refractivity contribution in [3.05, 3.63) is 12.0 Å². The Kier molecular flexibility index (Phi) is 5.02. The summed E-state index contributed by atoms with van der Waals surface area (Å²) in [6.07, 6.45) is -7.76. The number of hydrogen-bond acceptors (Lipinski definition) is 7. The number of carbonyl (C=O) groups excluding carboxylic acids is 1. The first-order valence-electron chi connectivity index (χ1n) is 4.93. The largest absolute Gasteiger partial charge is 0.468 e. The molecular weight excluding hydrogens is 314 g/mol. The van der Waals surface area contributed by atoms with E-state index in [0.29, 0.717) is 6.08 Å². The topological polar surface area (TPSA) is 75.5 Å². The fraction of sp³-hybridized carbons (Fsp3) is 0.500. The van der Waals surface area contributed by atoms with Crippen LogP contribution < -0.4 is 5.43 Å². The van der Waals surface area contributed by atoms with E-state index in [9.17, 15) is 31.1 Å². The standard InChI is InChI=1S/C8H6F6N4O3/c9-7(10,11)2-20-5-1-6(21-3-8(12,13)14)17-18(16-5)15-4-19/h1,16H,2-3H2. The second kappa shape index (κ2) is 6.35. The molecule has 7 nitrogen and oxygen atoms in total. The van der Waals surface area contributed by atoms with Gasteiger partial charge in [-0.1, -0.05) is 10.3 Å². The smallest absolute Gasteiger partial charge is 0.422 e. The van der Waals surface area contributed by atoms with Crippen LogP contribution in [0.15, 0.2) is 22.2 Å². The Morgan fingerprint density at radius 1 is 1.19 bits per heavy atom. The molecule has 0 saturated heterocycles. The maximum absolute atomic E-state index is 12.0. The fourth-order valence-corrected chi connectivity index (χ4v) is 0.936. The van der Waals surface area contributed by atoms with Crippen molar-refractivity contribution in [1.82, 2.24) is 10.7 Å². The minimum absolute atomic E-state index is 0.240. The highest BCUT2D eigenvalue weighted by Crippen LogP contribution is 2.18. The molecule has 1 rings (SSSR count). The van der Waals surface area contributed by atoms with Gasteiger partial charge < -0.3 is 9.47 Å². The van der Waals surface area contributed by atoms with Crippen LogP contribution in [0, 0.1) is 0 Å². The maximum Gasteiger partial charge on any atom is 0.422 e. The van der Waals surface area contributed by atoms with Gasteiger partial charge in [-0.3, -0.25) is 0 Å². The molecule has 1 heterocycles. The number of nitrogens with one attached hydrogen (secondary N) is 1. The highest BCUT2D eigenvalue weighted by Gasteiger charge is 2.31. The van der Waals surface area contributed by atoms with Crippen molar-refractivity contribution in [3.8, 4) is 0 Å². The summed E-state index contributed by atoms with van der Waals surface area (Å²) in [7, 11) is 0. The molecule has 0 aromatic heterocycles. The van der Waals surface area contributed by atoms with Crippen LogP contribution in [0.4, 0.5) is 26.3 Å². The van der Waals surface area contributed by atoms with Gasteiger partial charge in [0.25, 0.3) is 6.08 Å². The molecule has 0 spiro atoms. The third-order valence-electron chi connectivity index (χ3n) is 1.57. The molecule has 0 unspecified atom stereocenters. The zero-order chi connectivity index (χ0) is 16.1. The molecule has 0 amide bonds. The van der Waals surface area contributed by atoms with E-state index in [-0.39, 0.29) is 5.23 Å². The van der Waals surface area contributed by atoms with Crippen molar-refractivity contribution < 1.29 is 40.6 Å². The van der Waals surface area contributed by atoms with Crippen LogP contribution in [0.25, 0.3) is 0 Å². The zero-order valence-electron chi connectivity index (χ0n) is 9.83. The molecule has 0 atom stereocenters. The second-order valence-corrected chi connectivity index (χ2v) is 3.35. The molecule has 118 valence electrons. The third kappa shape index (κ3) is 7.06. The summed E-state index contributed by atoms with van der Waals surface area (Å²) in [6.45, 7) is -3.47. The monoisotopic (exact) mass is 320 g/mol. The normalized spacial score (nSPS) is 15.4. The van der Waals surface area contributed by atoms with E-state index in [0.717, 1.165) is 6.08 Å². The Morgan fingerprint density at radius 2 is 1.76 bits per heavy atom. The van der Waals surface area contributed by atoms with Crippen LogP contribution in [0.2, 0.25) is 0 Å². The van der Waals surface area contributed by atoms with E-state index in [1.807, 2.05) is 5.43 Å². The Balaban J connectivity index is 2.76. The fourth-order valence-electron chi connectivity index (χ4n) is 0.936. The Bertz CT molecular complexity index is 479. The predicted octanol–water partition coefficient (Wildman–Crippen LogP) is 1.37. The summed E-state index contributed by atoms with van der Waals surface area (Å²) in [6, 6.07) is 0. The Hall–Kier alpha value is -2.43. The number of ether oxygens (including phenoxy) is 2.